The van der Waals surface area contributed by atoms with Gasteiger partial charge in [0.1, 0.15) is 5.75 Å². The van der Waals surface area contributed by atoms with E-state index in [0.29, 0.717) is 5.82 Å². The van der Waals surface area contributed by atoms with Crippen molar-refractivity contribution < 1.29 is 9.26 Å². The second-order valence-electron chi connectivity index (χ2n) is 6.80. The third-order valence-electron chi connectivity index (χ3n) is 5.04. The smallest absolute Gasteiger partial charge is 0.231 e. The molecule has 1 atom stereocenters. The van der Waals surface area contributed by atoms with Crippen LogP contribution in [0.15, 0.2) is 53.1 Å². The molecule has 0 bridgehead atoms. The number of aryl methyl sites for hydroxylation is 1. The van der Waals surface area contributed by atoms with E-state index in [1.807, 2.05) is 30.3 Å². The van der Waals surface area contributed by atoms with Gasteiger partial charge in [-0.2, -0.15) is 4.98 Å². The molecule has 1 aromatic heterocycles. The number of rotatable bonds is 5. The number of benzene rings is 2. The molecule has 26 heavy (non-hydrogen) atoms. The van der Waals surface area contributed by atoms with Gasteiger partial charge in [0.2, 0.25) is 11.7 Å². The number of likely N-dealkylation sites (tertiary alicyclic amines) is 1. The maximum absolute atomic E-state index is 5.59. The van der Waals surface area contributed by atoms with Crippen molar-refractivity contribution in [3.05, 3.63) is 65.5 Å². The highest BCUT2D eigenvalue weighted by Gasteiger charge is 2.29. The first-order valence-electron chi connectivity index (χ1n) is 8.98. The fourth-order valence-corrected chi connectivity index (χ4v) is 3.59. The lowest BCUT2D eigenvalue weighted by Crippen LogP contribution is -2.20. The molecule has 0 saturated carbocycles. The Morgan fingerprint density at radius 2 is 1.96 bits per heavy atom. The largest absolute Gasteiger partial charge is 0.496 e. The van der Waals surface area contributed by atoms with Gasteiger partial charge in [0.15, 0.2) is 0 Å². The van der Waals surface area contributed by atoms with Gasteiger partial charge in [-0.25, -0.2) is 0 Å². The maximum Gasteiger partial charge on any atom is 0.231 e. The molecule has 0 unspecified atom stereocenters. The van der Waals surface area contributed by atoms with Gasteiger partial charge < -0.3 is 9.26 Å². The molecule has 5 nitrogen and oxygen atoms in total. The standard InChI is InChI=1S/C21H23N3O2/c1-15-7-3-5-9-18(15)20-22-21(26-23-20)17-11-12-24(14-17)13-16-8-4-6-10-19(16)25-2/h3-10,17H,11-14H2,1-2H3/t17-/m0/s1. The summed E-state index contributed by atoms with van der Waals surface area (Å²) in [4.78, 5) is 7.09. The van der Waals surface area contributed by atoms with E-state index in [1.54, 1.807) is 7.11 Å². The zero-order valence-corrected chi connectivity index (χ0v) is 15.2. The molecular formula is C21H23N3O2. The minimum atomic E-state index is 0.287. The van der Waals surface area contributed by atoms with Crippen LogP contribution in [-0.2, 0) is 6.54 Å². The predicted molar refractivity (Wildman–Crippen MR) is 100 cm³/mol. The van der Waals surface area contributed by atoms with Gasteiger partial charge in [-0.3, -0.25) is 4.90 Å². The highest BCUT2D eigenvalue weighted by atomic mass is 16.5. The van der Waals surface area contributed by atoms with Crippen LogP contribution in [0.25, 0.3) is 11.4 Å². The summed E-state index contributed by atoms with van der Waals surface area (Å²) in [5.74, 6) is 2.65. The Kier molecular flexibility index (Phi) is 4.71. The molecule has 3 aromatic rings. The van der Waals surface area contributed by atoms with Crippen molar-refractivity contribution in [2.24, 2.45) is 0 Å². The van der Waals surface area contributed by atoms with Crippen molar-refractivity contribution in [3.8, 4) is 17.1 Å². The van der Waals surface area contributed by atoms with Gasteiger partial charge in [0.05, 0.1) is 13.0 Å². The van der Waals surface area contributed by atoms with Crippen molar-refractivity contribution in [1.29, 1.82) is 0 Å². The normalized spacial score (nSPS) is 17.5. The van der Waals surface area contributed by atoms with Crippen molar-refractivity contribution >= 4 is 0 Å². The highest BCUT2D eigenvalue weighted by Crippen LogP contribution is 2.30. The molecule has 0 N–H and O–H groups in total. The average molecular weight is 349 g/mol. The molecule has 0 radical (unpaired) electrons. The minimum Gasteiger partial charge on any atom is -0.496 e. The Balaban J connectivity index is 1.45. The van der Waals surface area contributed by atoms with Gasteiger partial charge in [0.25, 0.3) is 0 Å². The summed E-state index contributed by atoms with van der Waals surface area (Å²) in [6, 6.07) is 16.3. The second kappa shape index (κ2) is 7.30. The van der Waals surface area contributed by atoms with Crippen molar-refractivity contribution in [3.63, 3.8) is 0 Å². The van der Waals surface area contributed by atoms with Crippen LogP contribution in [0, 0.1) is 6.92 Å². The number of hydrogen-bond acceptors (Lipinski definition) is 5. The summed E-state index contributed by atoms with van der Waals surface area (Å²) in [6.45, 7) is 4.88. The van der Waals surface area contributed by atoms with Crippen LogP contribution < -0.4 is 4.74 Å². The first kappa shape index (κ1) is 16.8. The Bertz CT molecular complexity index is 890. The quantitative estimate of drug-likeness (QED) is 0.696. The van der Waals surface area contributed by atoms with Gasteiger partial charge >= 0.3 is 0 Å². The second-order valence-corrected chi connectivity index (χ2v) is 6.80. The maximum atomic E-state index is 5.59. The van der Waals surface area contributed by atoms with Crippen LogP contribution in [0.4, 0.5) is 0 Å². The van der Waals surface area contributed by atoms with Crippen LogP contribution in [0.3, 0.4) is 0 Å². The fraction of sp³-hybridized carbons (Fsp3) is 0.333. The topological polar surface area (TPSA) is 51.4 Å². The van der Waals surface area contributed by atoms with Crippen LogP contribution in [0.5, 0.6) is 5.75 Å². The van der Waals surface area contributed by atoms with Gasteiger partial charge in [-0.15, -0.1) is 0 Å². The molecule has 5 heteroatoms. The van der Waals surface area contributed by atoms with E-state index < -0.39 is 0 Å². The zero-order valence-electron chi connectivity index (χ0n) is 15.2. The first-order chi connectivity index (χ1) is 12.7. The molecule has 2 heterocycles. The molecule has 1 aliphatic rings. The molecule has 0 spiro atoms. The summed E-state index contributed by atoms with van der Waals surface area (Å²) in [7, 11) is 1.72. The predicted octanol–water partition coefficient (Wildman–Crippen LogP) is 4.04. The fourth-order valence-electron chi connectivity index (χ4n) is 3.59. The molecule has 0 amide bonds. The van der Waals surface area contributed by atoms with Crippen LogP contribution in [-0.4, -0.2) is 35.2 Å². The van der Waals surface area contributed by atoms with E-state index in [9.17, 15) is 0 Å². The molecule has 2 aromatic carbocycles. The lowest BCUT2D eigenvalue weighted by atomic mass is 10.1. The van der Waals surface area contributed by atoms with E-state index >= 15 is 0 Å². The Hall–Kier alpha value is -2.66. The summed E-state index contributed by atoms with van der Waals surface area (Å²) in [6.07, 6.45) is 1.03. The minimum absolute atomic E-state index is 0.287. The van der Waals surface area contributed by atoms with E-state index in [2.05, 4.69) is 40.2 Å². The number of hydrogen-bond donors (Lipinski definition) is 0. The molecule has 0 aliphatic carbocycles. The monoisotopic (exact) mass is 349 g/mol. The molecule has 4 rings (SSSR count). The van der Waals surface area contributed by atoms with E-state index in [1.165, 1.54) is 5.56 Å². The molecule has 134 valence electrons. The van der Waals surface area contributed by atoms with E-state index in [-0.39, 0.29) is 5.92 Å². The van der Waals surface area contributed by atoms with Crippen molar-refractivity contribution in [2.45, 2.75) is 25.8 Å². The zero-order chi connectivity index (χ0) is 17.9. The van der Waals surface area contributed by atoms with Gasteiger partial charge in [0, 0.05) is 24.2 Å². The summed E-state index contributed by atoms with van der Waals surface area (Å²) in [5, 5.41) is 4.20. The number of methoxy groups -OCH3 is 1. The van der Waals surface area contributed by atoms with Crippen LogP contribution >= 0.6 is 0 Å². The number of para-hydroxylation sites is 1. The third kappa shape index (κ3) is 3.35. The van der Waals surface area contributed by atoms with Crippen LogP contribution in [0.1, 0.15) is 29.4 Å². The summed E-state index contributed by atoms with van der Waals surface area (Å²) < 4.78 is 11.1. The number of nitrogens with zero attached hydrogens (tertiary/aromatic N) is 3. The first-order valence-corrected chi connectivity index (χ1v) is 8.98. The van der Waals surface area contributed by atoms with E-state index in [0.717, 1.165) is 48.8 Å². The Morgan fingerprint density at radius 1 is 1.15 bits per heavy atom. The molecule has 1 fully saturated rings. The Morgan fingerprint density at radius 3 is 2.81 bits per heavy atom. The lowest BCUT2D eigenvalue weighted by Gasteiger charge is -2.17. The summed E-state index contributed by atoms with van der Waals surface area (Å²) >= 11 is 0. The molecule has 1 aliphatic heterocycles. The molecular weight excluding hydrogens is 326 g/mol. The molecule has 1 saturated heterocycles. The Labute approximate surface area is 153 Å². The lowest BCUT2D eigenvalue weighted by molar-refractivity contribution is 0.303. The van der Waals surface area contributed by atoms with Gasteiger partial charge in [-0.05, 0) is 31.5 Å². The average Bonchev–Trinajstić information content (AvgIpc) is 3.32. The number of ether oxygens (including phenoxy) is 1. The van der Waals surface area contributed by atoms with Gasteiger partial charge in [-0.1, -0.05) is 47.6 Å². The highest BCUT2D eigenvalue weighted by molar-refractivity contribution is 5.59. The van der Waals surface area contributed by atoms with Crippen molar-refractivity contribution in [1.82, 2.24) is 15.0 Å². The summed E-state index contributed by atoms with van der Waals surface area (Å²) in [5.41, 5.74) is 3.40. The number of aromatic nitrogens is 2. The SMILES string of the molecule is COc1ccccc1CN1CC[C@H](c2nc(-c3ccccc3C)no2)C1. The van der Waals surface area contributed by atoms with E-state index in [4.69, 9.17) is 9.26 Å². The van der Waals surface area contributed by atoms with Crippen LogP contribution in [0.2, 0.25) is 0 Å². The third-order valence-corrected chi connectivity index (χ3v) is 5.04. The van der Waals surface area contributed by atoms with Crippen molar-refractivity contribution in [2.75, 3.05) is 20.2 Å².